The third-order valence-electron chi connectivity index (χ3n) is 11.6. The largest absolute Gasteiger partial charge is 0.248 e. The number of nitrogens with zero attached hydrogens (tertiary/aromatic N) is 1. The Kier molecular flexibility index (Phi) is 7.06. The van der Waals surface area contributed by atoms with E-state index < -0.39 is 0 Å². The number of pyridine rings is 1. The summed E-state index contributed by atoms with van der Waals surface area (Å²) >= 11 is 0. The Hall–Kier alpha value is -6.83. The minimum atomic E-state index is 0.110. The van der Waals surface area contributed by atoms with Gasteiger partial charge in [-0.2, -0.15) is 0 Å². The van der Waals surface area contributed by atoms with Gasteiger partial charge in [0.1, 0.15) is 0 Å². The molecule has 2 aliphatic rings. The van der Waals surface area contributed by atoms with Crippen LogP contribution in [-0.4, -0.2) is 4.98 Å². The van der Waals surface area contributed by atoms with E-state index in [4.69, 9.17) is 4.98 Å². The summed E-state index contributed by atoms with van der Waals surface area (Å²) in [6, 6.07) is 73.5. The van der Waals surface area contributed by atoms with Crippen molar-refractivity contribution < 1.29 is 0 Å². The first kappa shape index (κ1) is 30.8. The minimum Gasteiger partial charge on any atom is -0.248 e. The van der Waals surface area contributed by atoms with Crippen molar-refractivity contribution in [2.24, 2.45) is 0 Å². The topological polar surface area (TPSA) is 12.9 Å². The lowest BCUT2D eigenvalue weighted by Crippen LogP contribution is -2.03. The van der Waals surface area contributed by atoms with Crippen molar-refractivity contribution in [2.45, 2.75) is 11.8 Å². The van der Waals surface area contributed by atoms with Gasteiger partial charge in [0, 0.05) is 23.0 Å². The molecule has 0 amide bonds. The predicted octanol–water partition coefficient (Wildman–Crippen LogP) is 13.6. The molecule has 1 heteroatoms. The van der Waals surface area contributed by atoms with Gasteiger partial charge in [-0.25, -0.2) is 4.98 Å². The van der Waals surface area contributed by atoms with Crippen molar-refractivity contribution in [3.05, 3.63) is 234 Å². The lowest BCUT2D eigenvalue weighted by atomic mass is 9.84. The van der Waals surface area contributed by atoms with Gasteiger partial charge in [-0.15, -0.1) is 0 Å². The molecule has 1 aromatic heterocycles. The third kappa shape index (κ3) is 4.97. The van der Waals surface area contributed by atoms with E-state index in [1.54, 1.807) is 0 Å². The second-order valence-electron chi connectivity index (χ2n) is 14.7. The smallest absolute Gasteiger partial charge is 0.0715 e. The van der Waals surface area contributed by atoms with Crippen molar-refractivity contribution in [1.82, 2.24) is 4.98 Å². The second-order valence-corrected chi connectivity index (χ2v) is 14.7. The average Bonchev–Trinajstić information content (AvgIpc) is 3.75. The van der Waals surface area contributed by atoms with E-state index in [0.717, 1.165) is 28.1 Å². The standard InChI is InChI=1S/C53H35N/c1-3-14-34(15-4-1)41-30-50(54-51(31-41)39-27-26-35-16-7-8-19-37(35)28-39)38-20-13-21-40(29-38)53-45-25-12-10-23-43(45)47-32-46-42-22-9-11-24-44(42)52(48(46)33-49(47)53)36-17-5-2-6-18-36/h1-33,52-53H. The summed E-state index contributed by atoms with van der Waals surface area (Å²) in [6.07, 6.45) is 0. The number of fused-ring (bicyclic) bond motifs is 7. The van der Waals surface area contributed by atoms with Gasteiger partial charge >= 0.3 is 0 Å². The highest BCUT2D eigenvalue weighted by Crippen LogP contribution is 2.55. The van der Waals surface area contributed by atoms with Crippen LogP contribution >= 0.6 is 0 Å². The zero-order chi connectivity index (χ0) is 35.6. The van der Waals surface area contributed by atoms with Crippen LogP contribution in [0, 0.1) is 0 Å². The molecule has 2 atom stereocenters. The molecule has 54 heavy (non-hydrogen) atoms. The van der Waals surface area contributed by atoms with E-state index >= 15 is 0 Å². The minimum absolute atomic E-state index is 0.110. The normalized spacial score (nSPS) is 15.0. The van der Waals surface area contributed by atoms with Crippen LogP contribution < -0.4 is 0 Å². The predicted molar refractivity (Wildman–Crippen MR) is 224 cm³/mol. The van der Waals surface area contributed by atoms with Gasteiger partial charge in [-0.1, -0.05) is 170 Å². The molecule has 9 aromatic rings. The Balaban J connectivity index is 1.07. The van der Waals surface area contributed by atoms with Crippen LogP contribution in [0.25, 0.3) is 66.7 Å². The summed E-state index contributed by atoms with van der Waals surface area (Å²) in [5.41, 5.74) is 20.0. The SMILES string of the molecule is c1ccc(-c2cc(-c3cccc(C4c5ccccc5-c5cc6c(cc54)C(c4ccccc4)c4ccccc4-6)c3)nc(-c3ccc4ccccc4c3)c2)cc1. The van der Waals surface area contributed by atoms with Crippen LogP contribution in [0.4, 0.5) is 0 Å². The van der Waals surface area contributed by atoms with E-state index in [0.29, 0.717) is 0 Å². The molecular weight excluding hydrogens is 651 g/mol. The molecule has 0 N–H and O–H groups in total. The highest BCUT2D eigenvalue weighted by atomic mass is 14.7. The van der Waals surface area contributed by atoms with Crippen LogP contribution in [0.2, 0.25) is 0 Å². The first-order valence-electron chi connectivity index (χ1n) is 18.9. The van der Waals surface area contributed by atoms with Crippen LogP contribution in [0.3, 0.4) is 0 Å². The van der Waals surface area contributed by atoms with Crippen LogP contribution in [0.5, 0.6) is 0 Å². The Morgan fingerprint density at radius 2 is 0.815 bits per heavy atom. The Morgan fingerprint density at radius 1 is 0.278 bits per heavy atom. The maximum absolute atomic E-state index is 5.38. The van der Waals surface area contributed by atoms with Gasteiger partial charge in [-0.3, -0.25) is 0 Å². The van der Waals surface area contributed by atoms with Gasteiger partial charge in [-0.05, 0) is 108 Å². The lowest BCUT2D eigenvalue weighted by Gasteiger charge is -2.19. The summed E-state index contributed by atoms with van der Waals surface area (Å²) in [7, 11) is 0. The van der Waals surface area contributed by atoms with Crippen molar-refractivity contribution in [2.75, 3.05) is 0 Å². The van der Waals surface area contributed by atoms with Crippen molar-refractivity contribution in [3.63, 3.8) is 0 Å². The quantitative estimate of drug-likeness (QED) is 0.176. The van der Waals surface area contributed by atoms with E-state index in [9.17, 15) is 0 Å². The van der Waals surface area contributed by atoms with E-state index in [1.807, 2.05) is 0 Å². The molecule has 0 fully saturated rings. The summed E-state index contributed by atoms with van der Waals surface area (Å²) < 4.78 is 0. The molecule has 1 nitrogen and oxygen atoms in total. The van der Waals surface area contributed by atoms with Crippen LogP contribution in [0.1, 0.15) is 45.2 Å². The molecule has 0 saturated heterocycles. The van der Waals surface area contributed by atoms with Crippen LogP contribution in [-0.2, 0) is 0 Å². The summed E-state index contributed by atoms with van der Waals surface area (Å²) in [5, 5.41) is 2.45. The Labute approximate surface area is 315 Å². The number of hydrogen-bond donors (Lipinski definition) is 0. The zero-order valence-electron chi connectivity index (χ0n) is 29.7. The molecule has 1 heterocycles. The van der Waals surface area contributed by atoms with E-state index in [2.05, 4.69) is 200 Å². The third-order valence-corrected chi connectivity index (χ3v) is 11.6. The summed E-state index contributed by atoms with van der Waals surface area (Å²) in [4.78, 5) is 5.38. The zero-order valence-corrected chi connectivity index (χ0v) is 29.7. The number of aromatic nitrogens is 1. The molecule has 0 aliphatic heterocycles. The van der Waals surface area contributed by atoms with E-state index in [1.165, 1.54) is 72.0 Å². The molecule has 0 bridgehead atoms. The van der Waals surface area contributed by atoms with Crippen LogP contribution in [0.15, 0.2) is 200 Å². The molecular formula is C53H35N. The molecule has 0 saturated carbocycles. The fourth-order valence-corrected chi connectivity index (χ4v) is 9.11. The van der Waals surface area contributed by atoms with Gasteiger partial charge in [0.25, 0.3) is 0 Å². The highest BCUT2D eigenvalue weighted by Gasteiger charge is 2.36. The molecule has 252 valence electrons. The second kappa shape index (κ2) is 12.4. The highest BCUT2D eigenvalue weighted by molar-refractivity contribution is 5.91. The first-order valence-corrected chi connectivity index (χ1v) is 18.9. The molecule has 2 aliphatic carbocycles. The molecule has 11 rings (SSSR count). The van der Waals surface area contributed by atoms with Crippen molar-refractivity contribution in [3.8, 4) is 55.9 Å². The maximum Gasteiger partial charge on any atom is 0.0715 e. The molecule has 0 radical (unpaired) electrons. The molecule has 0 spiro atoms. The summed E-state index contributed by atoms with van der Waals surface area (Å²) in [5.74, 6) is 0.315. The average molecular weight is 686 g/mol. The van der Waals surface area contributed by atoms with Gasteiger partial charge in [0.05, 0.1) is 11.4 Å². The fourth-order valence-electron chi connectivity index (χ4n) is 9.11. The Morgan fingerprint density at radius 3 is 1.52 bits per heavy atom. The number of hydrogen-bond acceptors (Lipinski definition) is 1. The van der Waals surface area contributed by atoms with Gasteiger partial charge < -0.3 is 0 Å². The van der Waals surface area contributed by atoms with Gasteiger partial charge in [0.15, 0.2) is 0 Å². The van der Waals surface area contributed by atoms with E-state index in [-0.39, 0.29) is 11.8 Å². The summed E-state index contributed by atoms with van der Waals surface area (Å²) in [6.45, 7) is 0. The lowest BCUT2D eigenvalue weighted by molar-refractivity contribution is 0.982. The Bertz CT molecular complexity index is 2890. The first-order chi connectivity index (χ1) is 26.8. The number of rotatable bonds is 5. The van der Waals surface area contributed by atoms with Crippen molar-refractivity contribution >= 4 is 10.8 Å². The monoisotopic (exact) mass is 685 g/mol. The molecule has 2 unspecified atom stereocenters. The fraction of sp³-hybridized carbons (Fsp3) is 0.0377. The van der Waals surface area contributed by atoms with Crippen molar-refractivity contribution in [1.29, 1.82) is 0 Å². The number of benzene rings is 8. The van der Waals surface area contributed by atoms with Gasteiger partial charge in [0.2, 0.25) is 0 Å². The molecule has 8 aromatic carbocycles. The maximum atomic E-state index is 5.38.